The molecule has 16 heavy (non-hydrogen) atoms. The summed E-state index contributed by atoms with van der Waals surface area (Å²) in [5, 5.41) is 9.57. The molecule has 4 heteroatoms. The summed E-state index contributed by atoms with van der Waals surface area (Å²) >= 11 is 7.05. The standard InChI is InChI=1S/C12H18N2S2/c15-12(13-9-11-7-4-8-16-11)14-10-5-2-1-3-6-10/h4,7-8,10H,1-3,5-6,9H2,(H2,13,14,15). The largest absolute Gasteiger partial charge is 0.360 e. The molecule has 1 aromatic heterocycles. The van der Waals surface area contributed by atoms with Crippen molar-refractivity contribution in [3.63, 3.8) is 0 Å². The highest BCUT2D eigenvalue weighted by Gasteiger charge is 2.13. The van der Waals surface area contributed by atoms with Gasteiger partial charge in [-0.3, -0.25) is 0 Å². The van der Waals surface area contributed by atoms with E-state index in [1.54, 1.807) is 11.3 Å². The number of nitrogens with one attached hydrogen (secondary N) is 2. The maximum Gasteiger partial charge on any atom is 0.166 e. The van der Waals surface area contributed by atoms with Gasteiger partial charge in [-0.25, -0.2) is 0 Å². The highest BCUT2D eigenvalue weighted by molar-refractivity contribution is 7.80. The molecule has 0 bridgehead atoms. The Morgan fingerprint density at radius 1 is 1.38 bits per heavy atom. The molecule has 2 N–H and O–H groups in total. The maximum absolute atomic E-state index is 5.29. The Morgan fingerprint density at radius 2 is 2.19 bits per heavy atom. The lowest BCUT2D eigenvalue weighted by atomic mass is 9.96. The third kappa shape index (κ3) is 3.76. The van der Waals surface area contributed by atoms with E-state index in [4.69, 9.17) is 12.2 Å². The van der Waals surface area contributed by atoms with Crippen LogP contribution in [0.1, 0.15) is 37.0 Å². The van der Waals surface area contributed by atoms with Gasteiger partial charge in [0, 0.05) is 10.9 Å². The Bertz CT molecular complexity index is 316. The van der Waals surface area contributed by atoms with E-state index in [0.717, 1.165) is 11.7 Å². The summed E-state index contributed by atoms with van der Waals surface area (Å²) in [5.74, 6) is 0. The number of thiophene rings is 1. The number of hydrogen-bond donors (Lipinski definition) is 2. The van der Waals surface area contributed by atoms with Gasteiger partial charge in [-0.2, -0.15) is 0 Å². The summed E-state index contributed by atoms with van der Waals surface area (Å²) in [5.41, 5.74) is 0. The molecule has 2 rings (SSSR count). The zero-order chi connectivity index (χ0) is 11.2. The van der Waals surface area contributed by atoms with Crippen molar-refractivity contribution in [1.29, 1.82) is 0 Å². The van der Waals surface area contributed by atoms with Gasteiger partial charge in [0.15, 0.2) is 5.11 Å². The fraction of sp³-hybridized carbons (Fsp3) is 0.583. The first-order chi connectivity index (χ1) is 7.84. The van der Waals surface area contributed by atoms with E-state index < -0.39 is 0 Å². The van der Waals surface area contributed by atoms with Crippen LogP contribution < -0.4 is 10.6 Å². The molecule has 0 spiro atoms. The van der Waals surface area contributed by atoms with Crippen LogP contribution in [0.25, 0.3) is 0 Å². The monoisotopic (exact) mass is 254 g/mol. The topological polar surface area (TPSA) is 24.1 Å². The molecule has 0 aromatic carbocycles. The molecule has 1 aliphatic carbocycles. The molecule has 0 radical (unpaired) electrons. The molecule has 1 fully saturated rings. The minimum Gasteiger partial charge on any atom is -0.360 e. The Labute approximate surface area is 106 Å². The molecule has 0 unspecified atom stereocenters. The van der Waals surface area contributed by atoms with E-state index >= 15 is 0 Å². The normalized spacial score (nSPS) is 17.0. The Morgan fingerprint density at radius 3 is 2.88 bits per heavy atom. The van der Waals surface area contributed by atoms with Crippen LogP contribution in [-0.4, -0.2) is 11.2 Å². The molecule has 0 saturated heterocycles. The van der Waals surface area contributed by atoms with Crippen LogP contribution in [0.15, 0.2) is 17.5 Å². The fourth-order valence-corrected chi connectivity index (χ4v) is 2.95. The smallest absolute Gasteiger partial charge is 0.166 e. The molecular weight excluding hydrogens is 236 g/mol. The zero-order valence-corrected chi connectivity index (χ0v) is 11.0. The number of rotatable bonds is 3. The Hall–Kier alpha value is -0.610. The highest BCUT2D eigenvalue weighted by Crippen LogP contribution is 2.17. The van der Waals surface area contributed by atoms with Crippen molar-refractivity contribution in [2.24, 2.45) is 0 Å². The molecular formula is C12H18N2S2. The van der Waals surface area contributed by atoms with Gasteiger partial charge in [0.05, 0.1) is 6.54 Å². The summed E-state index contributed by atoms with van der Waals surface area (Å²) in [6.07, 6.45) is 6.59. The lowest BCUT2D eigenvalue weighted by molar-refractivity contribution is 0.412. The van der Waals surface area contributed by atoms with Crippen LogP contribution in [0.5, 0.6) is 0 Å². The van der Waals surface area contributed by atoms with E-state index in [0.29, 0.717) is 6.04 Å². The van der Waals surface area contributed by atoms with E-state index in [1.807, 2.05) is 0 Å². The highest BCUT2D eigenvalue weighted by atomic mass is 32.1. The average Bonchev–Trinajstić information content (AvgIpc) is 2.81. The first-order valence-corrected chi connectivity index (χ1v) is 7.20. The van der Waals surface area contributed by atoms with E-state index in [2.05, 4.69) is 28.1 Å². The van der Waals surface area contributed by atoms with Gasteiger partial charge in [-0.05, 0) is 36.5 Å². The Balaban J connectivity index is 1.67. The number of hydrogen-bond acceptors (Lipinski definition) is 2. The first kappa shape index (κ1) is 11.9. The molecule has 1 aliphatic rings. The quantitative estimate of drug-likeness (QED) is 0.811. The first-order valence-electron chi connectivity index (χ1n) is 5.91. The van der Waals surface area contributed by atoms with Gasteiger partial charge in [-0.15, -0.1) is 11.3 Å². The predicted octanol–water partition coefficient (Wildman–Crippen LogP) is 3.04. The molecule has 88 valence electrons. The second-order valence-electron chi connectivity index (χ2n) is 4.24. The van der Waals surface area contributed by atoms with Crippen LogP contribution >= 0.6 is 23.6 Å². The van der Waals surface area contributed by atoms with E-state index in [1.165, 1.54) is 37.0 Å². The lowest BCUT2D eigenvalue weighted by Crippen LogP contribution is -2.42. The minimum atomic E-state index is 0.595. The summed E-state index contributed by atoms with van der Waals surface area (Å²) in [7, 11) is 0. The summed E-state index contributed by atoms with van der Waals surface area (Å²) in [4.78, 5) is 1.33. The van der Waals surface area contributed by atoms with Gasteiger partial charge < -0.3 is 10.6 Å². The fourth-order valence-electron chi connectivity index (χ4n) is 2.06. The molecule has 2 nitrogen and oxygen atoms in total. The molecule has 1 aromatic rings. The van der Waals surface area contributed by atoms with Crippen LogP contribution in [0.4, 0.5) is 0 Å². The van der Waals surface area contributed by atoms with Crippen LogP contribution in [0.2, 0.25) is 0 Å². The van der Waals surface area contributed by atoms with E-state index in [9.17, 15) is 0 Å². The third-order valence-electron chi connectivity index (χ3n) is 2.94. The van der Waals surface area contributed by atoms with E-state index in [-0.39, 0.29) is 0 Å². The van der Waals surface area contributed by atoms with Crippen molar-refractivity contribution in [2.75, 3.05) is 0 Å². The summed E-state index contributed by atoms with van der Waals surface area (Å²) in [6, 6.07) is 4.79. The third-order valence-corrected chi connectivity index (χ3v) is 4.08. The second kappa shape index (κ2) is 6.21. The van der Waals surface area contributed by atoms with Crippen LogP contribution in [0.3, 0.4) is 0 Å². The van der Waals surface area contributed by atoms with Crippen LogP contribution in [0, 0.1) is 0 Å². The number of thiocarbonyl (C=S) groups is 1. The predicted molar refractivity (Wildman–Crippen MR) is 73.8 cm³/mol. The second-order valence-corrected chi connectivity index (χ2v) is 5.68. The van der Waals surface area contributed by atoms with Gasteiger partial charge in [0.2, 0.25) is 0 Å². The average molecular weight is 254 g/mol. The van der Waals surface area contributed by atoms with Crippen molar-refractivity contribution in [3.05, 3.63) is 22.4 Å². The molecule has 0 amide bonds. The Kier molecular flexibility index (Phi) is 4.60. The van der Waals surface area contributed by atoms with Gasteiger partial charge in [0.25, 0.3) is 0 Å². The maximum atomic E-state index is 5.29. The molecule has 1 heterocycles. The van der Waals surface area contributed by atoms with Crippen LogP contribution in [-0.2, 0) is 6.54 Å². The molecule has 1 saturated carbocycles. The summed E-state index contributed by atoms with van der Waals surface area (Å²) < 4.78 is 0. The SMILES string of the molecule is S=C(NCc1cccs1)NC1CCCCC1. The van der Waals surface area contributed by atoms with Crippen molar-refractivity contribution >= 4 is 28.7 Å². The van der Waals surface area contributed by atoms with Crippen molar-refractivity contribution < 1.29 is 0 Å². The molecule has 0 aliphatic heterocycles. The van der Waals surface area contributed by atoms with Gasteiger partial charge in [0.1, 0.15) is 0 Å². The summed E-state index contributed by atoms with van der Waals surface area (Å²) in [6.45, 7) is 0.843. The van der Waals surface area contributed by atoms with Crippen molar-refractivity contribution in [1.82, 2.24) is 10.6 Å². The van der Waals surface area contributed by atoms with Gasteiger partial charge >= 0.3 is 0 Å². The minimum absolute atomic E-state index is 0.595. The van der Waals surface area contributed by atoms with Crippen molar-refractivity contribution in [2.45, 2.75) is 44.7 Å². The zero-order valence-electron chi connectivity index (χ0n) is 9.37. The van der Waals surface area contributed by atoms with Crippen molar-refractivity contribution in [3.8, 4) is 0 Å². The lowest BCUT2D eigenvalue weighted by Gasteiger charge is -2.24. The van der Waals surface area contributed by atoms with Gasteiger partial charge in [-0.1, -0.05) is 25.3 Å². The molecule has 0 atom stereocenters.